The second kappa shape index (κ2) is 4.72. The highest BCUT2D eigenvalue weighted by molar-refractivity contribution is 6.13. The van der Waals surface area contributed by atoms with Gasteiger partial charge in [0, 0.05) is 32.8 Å². The van der Waals surface area contributed by atoms with E-state index in [0.29, 0.717) is 33.0 Å². The standard InChI is InChI=1S/C20H11F3N2/c21-20(22,23)19-17-11-5-1-3-7-13(11)24-15(17)9-10-16-18(19)12-6-2-4-8-14(12)25-16/h1-10,24H. The van der Waals surface area contributed by atoms with Crippen molar-refractivity contribution in [1.82, 2.24) is 9.97 Å². The van der Waals surface area contributed by atoms with Gasteiger partial charge in [-0.2, -0.15) is 13.2 Å². The molecule has 0 spiro atoms. The van der Waals surface area contributed by atoms with E-state index in [2.05, 4.69) is 9.97 Å². The molecule has 2 heterocycles. The Morgan fingerprint density at radius 2 is 1.48 bits per heavy atom. The summed E-state index contributed by atoms with van der Waals surface area (Å²) < 4.78 is 42.6. The normalized spacial score (nSPS) is 12.6. The highest BCUT2D eigenvalue weighted by Crippen LogP contribution is 2.46. The van der Waals surface area contributed by atoms with Gasteiger partial charge in [0.1, 0.15) is 0 Å². The number of rotatable bonds is 0. The molecule has 0 amide bonds. The summed E-state index contributed by atoms with van der Waals surface area (Å²) in [5, 5.41) is 1.27. The molecule has 1 N–H and O–H groups in total. The van der Waals surface area contributed by atoms with Crippen molar-refractivity contribution in [3.63, 3.8) is 0 Å². The van der Waals surface area contributed by atoms with Crippen LogP contribution in [0.4, 0.5) is 13.2 Å². The number of aromatic amines is 1. The quantitative estimate of drug-likeness (QED) is 0.369. The molecule has 2 aromatic carbocycles. The second-order valence-electron chi connectivity index (χ2n) is 6.05. The van der Waals surface area contributed by atoms with Gasteiger partial charge >= 0.3 is 6.18 Å². The molecule has 0 radical (unpaired) electrons. The van der Waals surface area contributed by atoms with Crippen LogP contribution in [0, 0.1) is 0 Å². The molecule has 0 saturated heterocycles. The SMILES string of the molecule is FC(F)(F)c1c2c3ccccc3nc-2ccc2[nH]c3ccccc3c12. The molecule has 5 rings (SSSR count). The summed E-state index contributed by atoms with van der Waals surface area (Å²) >= 11 is 0. The third-order valence-corrected chi connectivity index (χ3v) is 4.60. The van der Waals surface area contributed by atoms with Gasteiger partial charge in [0.05, 0.1) is 16.8 Å². The van der Waals surface area contributed by atoms with Crippen LogP contribution in [-0.4, -0.2) is 9.97 Å². The van der Waals surface area contributed by atoms with Crippen LogP contribution in [0.15, 0.2) is 60.7 Å². The fraction of sp³-hybridized carbons (Fsp3) is 0.0500. The van der Waals surface area contributed by atoms with Crippen molar-refractivity contribution in [3.8, 4) is 11.3 Å². The predicted octanol–water partition coefficient (Wildman–Crippen LogP) is 5.99. The Bertz CT molecular complexity index is 1230. The summed E-state index contributed by atoms with van der Waals surface area (Å²) in [4.78, 5) is 7.49. The number of benzene rings is 2. The van der Waals surface area contributed by atoms with E-state index in [0.717, 1.165) is 0 Å². The third-order valence-electron chi connectivity index (χ3n) is 4.60. The van der Waals surface area contributed by atoms with Crippen molar-refractivity contribution >= 4 is 32.7 Å². The molecule has 0 fully saturated rings. The number of halogens is 3. The molecule has 1 aromatic heterocycles. The van der Waals surface area contributed by atoms with E-state index >= 15 is 0 Å². The van der Waals surface area contributed by atoms with Gasteiger partial charge in [-0.25, -0.2) is 4.98 Å². The van der Waals surface area contributed by atoms with Gasteiger partial charge in [0.15, 0.2) is 0 Å². The van der Waals surface area contributed by atoms with Crippen LogP contribution >= 0.6 is 0 Å². The Balaban J connectivity index is 2.14. The fourth-order valence-corrected chi connectivity index (χ4v) is 3.62. The van der Waals surface area contributed by atoms with Gasteiger partial charge < -0.3 is 4.98 Å². The van der Waals surface area contributed by atoms with Crippen LogP contribution in [0.5, 0.6) is 0 Å². The van der Waals surface area contributed by atoms with Crippen molar-refractivity contribution in [3.05, 3.63) is 66.2 Å². The van der Waals surface area contributed by atoms with Crippen LogP contribution < -0.4 is 0 Å². The number of alkyl halides is 3. The lowest BCUT2D eigenvalue weighted by Crippen LogP contribution is -2.06. The van der Waals surface area contributed by atoms with Crippen molar-refractivity contribution < 1.29 is 13.2 Å². The first-order valence-corrected chi connectivity index (χ1v) is 7.83. The summed E-state index contributed by atoms with van der Waals surface area (Å²) in [6.45, 7) is 0. The molecule has 25 heavy (non-hydrogen) atoms. The topological polar surface area (TPSA) is 28.7 Å². The van der Waals surface area contributed by atoms with Gasteiger partial charge in [-0.15, -0.1) is 0 Å². The molecule has 5 heteroatoms. The molecule has 0 saturated carbocycles. The summed E-state index contributed by atoms with van der Waals surface area (Å²) in [7, 11) is 0. The van der Waals surface area contributed by atoms with E-state index in [1.54, 1.807) is 60.7 Å². The van der Waals surface area contributed by atoms with Crippen molar-refractivity contribution in [2.24, 2.45) is 0 Å². The average molecular weight is 336 g/mol. The van der Waals surface area contributed by atoms with Gasteiger partial charge in [0.25, 0.3) is 0 Å². The smallest absolute Gasteiger partial charge is 0.354 e. The zero-order chi connectivity index (χ0) is 17.2. The summed E-state index contributed by atoms with van der Waals surface area (Å²) in [5.41, 5.74) is 1.59. The van der Waals surface area contributed by atoms with Crippen LogP contribution in [0.3, 0.4) is 0 Å². The Kier molecular flexibility index (Phi) is 2.70. The number of H-pyrrole nitrogens is 1. The monoisotopic (exact) mass is 336 g/mol. The minimum absolute atomic E-state index is 0.155. The largest absolute Gasteiger partial charge is 0.417 e. The Morgan fingerprint density at radius 1 is 0.760 bits per heavy atom. The number of aromatic nitrogens is 2. The molecule has 1 aliphatic carbocycles. The molecule has 122 valence electrons. The number of nitrogens with one attached hydrogen (secondary N) is 1. The van der Waals surface area contributed by atoms with E-state index in [-0.39, 0.29) is 10.9 Å². The zero-order valence-electron chi connectivity index (χ0n) is 12.9. The number of hydrogen-bond acceptors (Lipinski definition) is 1. The first-order chi connectivity index (χ1) is 12.0. The first kappa shape index (κ1) is 14.3. The van der Waals surface area contributed by atoms with E-state index < -0.39 is 11.7 Å². The molecule has 1 aliphatic heterocycles. The minimum atomic E-state index is -4.50. The first-order valence-electron chi connectivity index (χ1n) is 7.83. The van der Waals surface area contributed by atoms with Gasteiger partial charge in [0.2, 0.25) is 0 Å². The minimum Gasteiger partial charge on any atom is -0.354 e. The van der Waals surface area contributed by atoms with Crippen molar-refractivity contribution in [1.29, 1.82) is 0 Å². The lowest BCUT2D eigenvalue weighted by Gasteiger charge is -2.10. The van der Waals surface area contributed by atoms with Crippen LogP contribution in [-0.2, 0) is 6.18 Å². The Labute approximate surface area is 140 Å². The van der Waals surface area contributed by atoms with Gasteiger partial charge in [-0.1, -0.05) is 36.4 Å². The molecule has 0 atom stereocenters. The van der Waals surface area contributed by atoms with Crippen LogP contribution in [0.25, 0.3) is 44.0 Å². The molecular weight excluding hydrogens is 325 g/mol. The second-order valence-corrected chi connectivity index (χ2v) is 6.05. The van der Waals surface area contributed by atoms with Crippen LogP contribution in [0.1, 0.15) is 5.56 Å². The number of hydrogen-bond donors (Lipinski definition) is 1. The maximum atomic E-state index is 14.2. The molecule has 0 unspecified atom stereocenters. The third kappa shape index (κ3) is 1.95. The van der Waals surface area contributed by atoms with E-state index in [1.165, 1.54) is 0 Å². The Hall–Kier alpha value is -3.08. The maximum absolute atomic E-state index is 14.2. The van der Waals surface area contributed by atoms with Crippen molar-refractivity contribution in [2.75, 3.05) is 0 Å². The highest BCUT2D eigenvalue weighted by atomic mass is 19.4. The Morgan fingerprint density at radius 3 is 2.28 bits per heavy atom. The average Bonchev–Trinajstić information content (AvgIpc) is 3.07. The van der Waals surface area contributed by atoms with E-state index in [4.69, 9.17) is 0 Å². The molecular formula is C20H11F3N2. The maximum Gasteiger partial charge on any atom is 0.417 e. The predicted molar refractivity (Wildman–Crippen MR) is 92.7 cm³/mol. The lowest BCUT2D eigenvalue weighted by atomic mass is 10.00. The lowest BCUT2D eigenvalue weighted by molar-refractivity contribution is -0.135. The van der Waals surface area contributed by atoms with E-state index in [9.17, 15) is 13.2 Å². The van der Waals surface area contributed by atoms with E-state index in [1.807, 2.05) is 0 Å². The number of nitrogens with zero attached hydrogens (tertiary/aromatic N) is 1. The van der Waals surface area contributed by atoms with Crippen molar-refractivity contribution in [2.45, 2.75) is 6.18 Å². The molecule has 2 aliphatic rings. The molecule has 0 bridgehead atoms. The summed E-state index contributed by atoms with van der Waals surface area (Å²) in [6, 6.07) is 17.3. The fourth-order valence-electron chi connectivity index (χ4n) is 3.62. The summed E-state index contributed by atoms with van der Waals surface area (Å²) in [6.07, 6.45) is -4.50. The highest BCUT2D eigenvalue weighted by Gasteiger charge is 2.38. The molecule has 2 nitrogen and oxygen atoms in total. The molecule has 3 aromatic rings. The van der Waals surface area contributed by atoms with Crippen LogP contribution in [0.2, 0.25) is 0 Å². The number of para-hydroxylation sites is 2. The zero-order valence-corrected chi connectivity index (χ0v) is 12.9. The van der Waals surface area contributed by atoms with Gasteiger partial charge in [-0.05, 0) is 24.3 Å². The van der Waals surface area contributed by atoms with Gasteiger partial charge in [-0.3, -0.25) is 0 Å². The number of fused-ring (bicyclic) bond motifs is 6. The summed E-state index contributed by atoms with van der Waals surface area (Å²) in [5.74, 6) is 0.